The Labute approximate surface area is 162 Å². The third kappa shape index (κ3) is 3.03. The minimum absolute atomic E-state index is 0.274. The number of benzene rings is 2. The molecule has 0 bridgehead atoms. The summed E-state index contributed by atoms with van der Waals surface area (Å²) in [6, 6.07) is 17.5. The van der Waals surface area contributed by atoms with Crippen molar-refractivity contribution in [3.8, 4) is 5.75 Å². The van der Waals surface area contributed by atoms with Gasteiger partial charge in [0, 0.05) is 23.6 Å². The number of aromatic nitrogens is 2. The zero-order chi connectivity index (χ0) is 19.7. The quantitative estimate of drug-likeness (QED) is 0.514. The molecule has 0 aliphatic carbocycles. The lowest BCUT2D eigenvalue weighted by Gasteiger charge is -2.11. The second-order valence-corrected chi connectivity index (χ2v) is 6.40. The molecule has 0 spiro atoms. The summed E-state index contributed by atoms with van der Waals surface area (Å²) in [6.45, 7) is 2.08. The molecule has 2 aromatic heterocycles. The molecule has 4 aromatic rings. The standard InChI is InChI=1S/C22H21N3O3/c1-4-28-22(26)17-13-19-20(16-7-5-6-8-18(16)25(19)2)21(24-17)23-14-9-11-15(27-3)12-10-14/h5-13H,4H2,1-3H3,(H,23,24). The van der Waals surface area contributed by atoms with Crippen molar-refractivity contribution in [3.05, 3.63) is 60.3 Å². The van der Waals surface area contributed by atoms with Gasteiger partial charge in [0.15, 0.2) is 5.69 Å². The molecule has 0 fully saturated rings. The van der Waals surface area contributed by atoms with Gasteiger partial charge in [-0.2, -0.15) is 0 Å². The number of carbonyl (C=O) groups is 1. The zero-order valence-electron chi connectivity index (χ0n) is 16.0. The number of rotatable bonds is 5. The molecule has 0 saturated heterocycles. The summed E-state index contributed by atoms with van der Waals surface area (Å²) in [5, 5.41) is 5.38. The third-order valence-electron chi connectivity index (χ3n) is 4.73. The normalized spacial score (nSPS) is 11.0. The summed E-state index contributed by atoms with van der Waals surface area (Å²) in [4.78, 5) is 17.0. The lowest BCUT2D eigenvalue weighted by molar-refractivity contribution is 0.0520. The highest BCUT2D eigenvalue weighted by Crippen LogP contribution is 2.34. The monoisotopic (exact) mass is 375 g/mol. The molecule has 0 aliphatic heterocycles. The van der Waals surface area contributed by atoms with E-state index in [1.54, 1.807) is 20.1 Å². The van der Waals surface area contributed by atoms with Crippen LogP contribution >= 0.6 is 0 Å². The molecule has 2 aromatic carbocycles. The summed E-state index contributed by atoms with van der Waals surface area (Å²) >= 11 is 0. The Balaban J connectivity index is 1.92. The predicted molar refractivity (Wildman–Crippen MR) is 110 cm³/mol. The maximum absolute atomic E-state index is 12.4. The number of anilines is 2. The average molecular weight is 375 g/mol. The van der Waals surface area contributed by atoms with E-state index in [0.29, 0.717) is 12.4 Å². The van der Waals surface area contributed by atoms with Crippen LogP contribution in [-0.2, 0) is 11.8 Å². The van der Waals surface area contributed by atoms with Crippen molar-refractivity contribution in [2.75, 3.05) is 19.0 Å². The molecular formula is C22H21N3O3. The van der Waals surface area contributed by atoms with Gasteiger partial charge >= 0.3 is 5.97 Å². The number of nitrogens with zero attached hydrogens (tertiary/aromatic N) is 2. The van der Waals surface area contributed by atoms with Crippen LogP contribution in [0.4, 0.5) is 11.5 Å². The van der Waals surface area contributed by atoms with Crippen LogP contribution in [0.25, 0.3) is 21.8 Å². The van der Waals surface area contributed by atoms with E-state index in [9.17, 15) is 4.79 Å². The number of methoxy groups -OCH3 is 1. The fourth-order valence-electron chi connectivity index (χ4n) is 3.38. The van der Waals surface area contributed by atoms with Crippen LogP contribution in [-0.4, -0.2) is 29.2 Å². The highest BCUT2D eigenvalue weighted by atomic mass is 16.5. The average Bonchev–Trinajstić information content (AvgIpc) is 3.01. The van der Waals surface area contributed by atoms with Crippen LogP contribution in [0.2, 0.25) is 0 Å². The number of para-hydroxylation sites is 1. The number of ether oxygens (including phenoxy) is 2. The van der Waals surface area contributed by atoms with E-state index in [2.05, 4.69) is 27.0 Å². The van der Waals surface area contributed by atoms with Crippen molar-refractivity contribution in [2.45, 2.75) is 6.92 Å². The molecule has 6 nitrogen and oxygen atoms in total. The van der Waals surface area contributed by atoms with E-state index in [-0.39, 0.29) is 5.69 Å². The first-order valence-electron chi connectivity index (χ1n) is 9.08. The van der Waals surface area contributed by atoms with Crippen LogP contribution in [0, 0.1) is 0 Å². The van der Waals surface area contributed by atoms with Crippen molar-refractivity contribution >= 4 is 39.3 Å². The first kappa shape index (κ1) is 17.9. The second-order valence-electron chi connectivity index (χ2n) is 6.40. The highest BCUT2D eigenvalue weighted by molar-refractivity contribution is 6.14. The maximum Gasteiger partial charge on any atom is 0.357 e. The van der Waals surface area contributed by atoms with E-state index >= 15 is 0 Å². The summed E-state index contributed by atoms with van der Waals surface area (Å²) in [6.07, 6.45) is 0. The Morgan fingerprint density at radius 1 is 1.11 bits per heavy atom. The predicted octanol–water partition coefficient (Wildman–Crippen LogP) is 4.66. The van der Waals surface area contributed by atoms with Gasteiger partial charge in [-0.1, -0.05) is 18.2 Å². The van der Waals surface area contributed by atoms with Crippen LogP contribution in [0.1, 0.15) is 17.4 Å². The van der Waals surface area contributed by atoms with Crippen molar-refractivity contribution in [3.63, 3.8) is 0 Å². The van der Waals surface area contributed by atoms with Gasteiger partial charge in [0.05, 0.1) is 24.6 Å². The summed E-state index contributed by atoms with van der Waals surface area (Å²) < 4.78 is 12.5. The molecular weight excluding hydrogens is 354 g/mol. The van der Waals surface area contributed by atoms with E-state index in [1.165, 1.54) is 0 Å². The number of nitrogens with one attached hydrogen (secondary N) is 1. The number of carbonyl (C=O) groups excluding carboxylic acids is 1. The Bertz CT molecular complexity index is 1160. The van der Waals surface area contributed by atoms with Crippen LogP contribution in [0.3, 0.4) is 0 Å². The van der Waals surface area contributed by atoms with Gasteiger partial charge in [-0.3, -0.25) is 0 Å². The number of hydrogen-bond donors (Lipinski definition) is 1. The fourth-order valence-corrected chi connectivity index (χ4v) is 3.38. The highest BCUT2D eigenvalue weighted by Gasteiger charge is 2.18. The molecule has 4 rings (SSSR count). The largest absolute Gasteiger partial charge is 0.497 e. The molecule has 0 atom stereocenters. The van der Waals surface area contributed by atoms with Crippen LogP contribution in [0.5, 0.6) is 5.75 Å². The lowest BCUT2D eigenvalue weighted by Crippen LogP contribution is -2.09. The number of aryl methyl sites for hydroxylation is 1. The summed E-state index contributed by atoms with van der Waals surface area (Å²) in [7, 11) is 3.61. The van der Waals surface area contributed by atoms with Gasteiger partial charge in [0.1, 0.15) is 11.6 Å². The Hall–Kier alpha value is -3.54. The maximum atomic E-state index is 12.4. The van der Waals surface area contributed by atoms with Gasteiger partial charge in [-0.05, 0) is 43.3 Å². The van der Waals surface area contributed by atoms with Crippen LogP contribution in [0.15, 0.2) is 54.6 Å². The topological polar surface area (TPSA) is 65.4 Å². The Morgan fingerprint density at radius 3 is 2.57 bits per heavy atom. The van der Waals surface area contributed by atoms with Gasteiger partial charge in [-0.25, -0.2) is 9.78 Å². The molecule has 0 saturated carbocycles. The molecule has 0 amide bonds. The Kier molecular flexibility index (Phi) is 4.61. The van der Waals surface area contributed by atoms with E-state index < -0.39 is 5.97 Å². The zero-order valence-corrected chi connectivity index (χ0v) is 16.0. The summed E-state index contributed by atoms with van der Waals surface area (Å²) in [5.74, 6) is 0.948. The Morgan fingerprint density at radius 2 is 1.86 bits per heavy atom. The first-order chi connectivity index (χ1) is 13.6. The smallest absolute Gasteiger partial charge is 0.357 e. The van der Waals surface area contributed by atoms with Gasteiger partial charge in [-0.15, -0.1) is 0 Å². The van der Waals surface area contributed by atoms with Crippen LogP contribution < -0.4 is 10.1 Å². The first-order valence-corrected chi connectivity index (χ1v) is 9.08. The molecule has 142 valence electrons. The number of pyridine rings is 1. The minimum atomic E-state index is -0.438. The van der Waals surface area contributed by atoms with Crippen molar-refractivity contribution < 1.29 is 14.3 Å². The lowest BCUT2D eigenvalue weighted by atomic mass is 10.1. The third-order valence-corrected chi connectivity index (χ3v) is 4.73. The van der Waals surface area contributed by atoms with Crippen molar-refractivity contribution in [2.24, 2.45) is 7.05 Å². The number of fused-ring (bicyclic) bond motifs is 3. The van der Waals surface area contributed by atoms with Crippen molar-refractivity contribution in [1.29, 1.82) is 0 Å². The van der Waals surface area contributed by atoms with Gasteiger partial charge < -0.3 is 19.4 Å². The molecule has 1 N–H and O–H groups in total. The number of hydrogen-bond acceptors (Lipinski definition) is 5. The van der Waals surface area contributed by atoms with E-state index in [1.807, 2.05) is 43.4 Å². The van der Waals surface area contributed by atoms with E-state index in [0.717, 1.165) is 33.2 Å². The fraction of sp³-hybridized carbons (Fsp3) is 0.182. The summed E-state index contributed by atoms with van der Waals surface area (Å²) in [5.41, 5.74) is 3.10. The SMILES string of the molecule is CCOC(=O)c1cc2c(c(Nc3ccc(OC)cc3)n1)c1ccccc1n2C. The minimum Gasteiger partial charge on any atom is -0.497 e. The molecule has 2 heterocycles. The molecule has 0 aliphatic rings. The molecule has 0 radical (unpaired) electrons. The van der Waals surface area contributed by atoms with Crippen molar-refractivity contribution in [1.82, 2.24) is 9.55 Å². The van der Waals surface area contributed by atoms with E-state index in [4.69, 9.17) is 9.47 Å². The molecule has 6 heteroatoms. The van der Waals surface area contributed by atoms with Gasteiger partial charge in [0.2, 0.25) is 0 Å². The van der Waals surface area contributed by atoms with Gasteiger partial charge in [0.25, 0.3) is 0 Å². The molecule has 28 heavy (non-hydrogen) atoms. The molecule has 0 unspecified atom stereocenters. The second kappa shape index (κ2) is 7.23. The number of esters is 1.